The van der Waals surface area contributed by atoms with Gasteiger partial charge in [-0.25, -0.2) is 9.67 Å². The van der Waals surface area contributed by atoms with E-state index in [1.165, 1.54) is 19.4 Å². The highest BCUT2D eigenvalue weighted by molar-refractivity contribution is 5.93. The van der Waals surface area contributed by atoms with Crippen molar-refractivity contribution in [3.8, 4) is 11.6 Å². The Kier molecular flexibility index (Phi) is 3.16. The summed E-state index contributed by atoms with van der Waals surface area (Å²) in [6.45, 7) is 0. The smallest absolute Gasteiger partial charge is 0.435 e. The van der Waals surface area contributed by atoms with Gasteiger partial charge in [0.2, 0.25) is 5.88 Å². The Bertz CT molecular complexity index is 842. The number of fused-ring (bicyclic) bond motifs is 1. The Hall–Kier alpha value is -2.77. The third kappa shape index (κ3) is 2.12. The summed E-state index contributed by atoms with van der Waals surface area (Å²) in [6, 6.07) is 6.46. The molecule has 1 aromatic carbocycles. The van der Waals surface area contributed by atoms with Crippen LogP contribution in [0.4, 0.5) is 18.9 Å². The summed E-state index contributed by atoms with van der Waals surface area (Å²) in [4.78, 5) is 4.04. The molecule has 2 N–H and O–H groups in total. The minimum absolute atomic E-state index is 0.252. The van der Waals surface area contributed by atoms with Crippen LogP contribution in [-0.2, 0) is 6.18 Å². The lowest BCUT2D eigenvalue weighted by Crippen LogP contribution is -2.15. The second-order valence-electron chi connectivity index (χ2n) is 4.55. The van der Waals surface area contributed by atoms with Crippen LogP contribution in [0.3, 0.4) is 0 Å². The largest absolute Gasteiger partial charge is 0.481 e. The molecule has 22 heavy (non-hydrogen) atoms. The van der Waals surface area contributed by atoms with Crippen molar-refractivity contribution in [2.24, 2.45) is 0 Å². The molecule has 0 aliphatic rings. The first-order valence-corrected chi connectivity index (χ1v) is 6.26. The first-order valence-electron chi connectivity index (χ1n) is 6.26. The molecule has 3 rings (SSSR count). The van der Waals surface area contributed by atoms with E-state index in [0.29, 0.717) is 16.7 Å². The molecule has 114 valence electrons. The summed E-state index contributed by atoms with van der Waals surface area (Å²) >= 11 is 0. The second-order valence-corrected chi connectivity index (χ2v) is 4.55. The van der Waals surface area contributed by atoms with E-state index in [1.807, 2.05) is 0 Å². The standard InChI is InChI=1S/C14H11F3N4O/c1-22-13-9-3-2-4-11(8(9)5-6-19-13)21-12(14(15,16)17)10(18)7-20-21/h2-7H,18H2,1H3. The molecule has 0 radical (unpaired) electrons. The molecule has 0 amide bonds. The fraction of sp³-hybridized carbons (Fsp3) is 0.143. The van der Waals surface area contributed by atoms with Crippen LogP contribution in [0, 0.1) is 0 Å². The number of nitrogens with zero attached hydrogens (tertiary/aromatic N) is 3. The number of rotatable bonds is 2. The lowest BCUT2D eigenvalue weighted by Gasteiger charge is -2.14. The first-order chi connectivity index (χ1) is 10.4. The zero-order valence-electron chi connectivity index (χ0n) is 11.4. The number of aromatic nitrogens is 3. The van der Waals surface area contributed by atoms with Crippen LogP contribution >= 0.6 is 0 Å². The maximum Gasteiger partial charge on any atom is 0.435 e. The van der Waals surface area contributed by atoms with Crippen LogP contribution in [0.15, 0.2) is 36.7 Å². The van der Waals surface area contributed by atoms with Gasteiger partial charge in [0.05, 0.1) is 24.7 Å². The lowest BCUT2D eigenvalue weighted by atomic mass is 10.1. The average Bonchev–Trinajstić information content (AvgIpc) is 2.87. The number of anilines is 1. The highest BCUT2D eigenvalue weighted by atomic mass is 19.4. The predicted octanol–water partition coefficient (Wildman–Crippen LogP) is 3.03. The molecular weight excluding hydrogens is 297 g/mol. The fourth-order valence-corrected chi connectivity index (χ4v) is 2.34. The van der Waals surface area contributed by atoms with Crippen LogP contribution < -0.4 is 10.5 Å². The highest BCUT2D eigenvalue weighted by Crippen LogP contribution is 2.36. The number of benzene rings is 1. The maximum absolute atomic E-state index is 13.2. The Labute approximate surface area is 123 Å². The predicted molar refractivity (Wildman–Crippen MR) is 74.8 cm³/mol. The molecule has 2 heterocycles. The Balaban J connectivity index is 2.33. The van der Waals surface area contributed by atoms with E-state index in [4.69, 9.17) is 10.5 Å². The Morgan fingerprint density at radius 1 is 1.18 bits per heavy atom. The van der Waals surface area contributed by atoms with Crippen LogP contribution in [-0.4, -0.2) is 21.9 Å². The van der Waals surface area contributed by atoms with E-state index < -0.39 is 17.6 Å². The van der Waals surface area contributed by atoms with Gasteiger partial charge in [-0.3, -0.25) is 0 Å². The summed E-state index contributed by atoms with van der Waals surface area (Å²) < 4.78 is 45.5. The van der Waals surface area contributed by atoms with E-state index in [0.717, 1.165) is 10.9 Å². The van der Waals surface area contributed by atoms with Gasteiger partial charge in [-0.05, 0) is 18.2 Å². The average molecular weight is 308 g/mol. The summed E-state index contributed by atoms with van der Waals surface area (Å²) in [5.74, 6) is 0.327. The van der Waals surface area contributed by atoms with Crippen molar-refractivity contribution < 1.29 is 17.9 Å². The van der Waals surface area contributed by atoms with E-state index in [1.54, 1.807) is 18.2 Å². The number of methoxy groups -OCH3 is 1. The number of hydrogen-bond acceptors (Lipinski definition) is 4. The SMILES string of the molecule is COc1nccc2c(-n3ncc(N)c3C(F)(F)F)cccc12. The van der Waals surface area contributed by atoms with E-state index >= 15 is 0 Å². The number of alkyl halides is 3. The number of hydrogen-bond donors (Lipinski definition) is 1. The number of nitrogens with two attached hydrogens (primary N) is 1. The van der Waals surface area contributed by atoms with Gasteiger partial charge in [0, 0.05) is 17.0 Å². The van der Waals surface area contributed by atoms with Gasteiger partial charge < -0.3 is 10.5 Å². The zero-order chi connectivity index (χ0) is 15.9. The van der Waals surface area contributed by atoms with Crippen LogP contribution in [0.25, 0.3) is 16.5 Å². The third-order valence-corrected chi connectivity index (χ3v) is 3.23. The molecule has 0 saturated heterocycles. The molecule has 0 unspecified atom stereocenters. The number of halogens is 3. The molecule has 8 heteroatoms. The van der Waals surface area contributed by atoms with Gasteiger partial charge in [-0.15, -0.1) is 0 Å². The van der Waals surface area contributed by atoms with Crippen molar-refractivity contribution in [3.63, 3.8) is 0 Å². The first kappa shape index (κ1) is 14.2. The van der Waals surface area contributed by atoms with Crippen molar-refractivity contribution in [2.45, 2.75) is 6.18 Å². The molecule has 0 atom stereocenters. The molecule has 0 fully saturated rings. The van der Waals surface area contributed by atoms with Gasteiger partial charge in [-0.1, -0.05) is 6.07 Å². The minimum atomic E-state index is -4.61. The van der Waals surface area contributed by atoms with Crippen molar-refractivity contribution >= 4 is 16.5 Å². The van der Waals surface area contributed by atoms with Crippen LogP contribution in [0.1, 0.15) is 5.69 Å². The molecule has 0 bridgehead atoms. The minimum Gasteiger partial charge on any atom is -0.481 e. The molecule has 3 aromatic rings. The fourth-order valence-electron chi connectivity index (χ4n) is 2.34. The van der Waals surface area contributed by atoms with Crippen LogP contribution in [0.5, 0.6) is 5.88 Å². The van der Waals surface area contributed by atoms with Gasteiger partial charge >= 0.3 is 6.18 Å². The summed E-state index contributed by atoms with van der Waals surface area (Å²) in [7, 11) is 1.45. The summed E-state index contributed by atoms with van der Waals surface area (Å²) in [5, 5.41) is 4.89. The molecule has 2 aromatic heterocycles. The maximum atomic E-state index is 13.2. The topological polar surface area (TPSA) is 66.0 Å². The Morgan fingerprint density at radius 2 is 1.95 bits per heavy atom. The molecule has 0 spiro atoms. The van der Waals surface area contributed by atoms with Crippen molar-refractivity contribution in [2.75, 3.05) is 12.8 Å². The second kappa shape index (κ2) is 4.90. The van der Waals surface area contributed by atoms with Crippen molar-refractivity contribution in [1.82, 2.24) is 14.8 Å². The van der Waals surface area contributed by atoms with E-state index in [2.05, 4.69) is 10.1 Å². The molecule has 0 aliphatic carbocycles. The van der Waals surface area contributed by atoms with Crippen molar-refractivity contribution in [3.05, 3.63) is 42.4 Å². The lowest BCUT2D eigenvalue weighted by molar-refractivity contribution is -0.142. The Morgan fingerprint density at radius 3 is 2.64 bits per heavy atom. The normalized spacial score (nSPS) is 11.8. The van der Waals surface area contributed by atoms with Gasteiger partial charge in [0.1, 0.15) is 0 Å². The van der Waals surface area contributed by atoms with Crippen molar-refractivity contribution in [1.29, 1.82) is 0 Å². The van der Waals surface area contributed by atoms with Crippen LogP contribution in [0.2, 0.25) is 0 Å². The highest BCUT2D eigenvalue weighted by Gasteiger charge is 2.38. The summed E-state index contributed by atoms with van der Waals surface area (Å²) in [5.41, 5.74) is 4.25. The molecular formula is C14H11F3N4O. The quantitative estimate of drug-likeness (QED) is 0.790. The van der Waals surface area contributed by atoms with Gasteiger partial charge in [0.25, 0.3) is 0 Å². The van der Waals surface area contributed by atoms with E-state index in [9.17, 15) is 13.2 Å². The van der Waals surface area contributed by atoms with E-state index in [-0.39, 0.29) is 5.69 Å². The summed E-state index contributed by atoms with van der Waals surface area (Å²) in [6.07, 6.45) is -2.16. The van der Waals surface area contributed by atoms with Gasteiger partial charge in [0.15, 0.2) is 5.69 Å². The van der Waals surface area contributed by atoms with Gasteiger partial charge in [-0.2, -0.15) is 18.3 Å². The number of ether oxygens (including phenoxy) is 1. The molecule has 5 nitrogen and oxygen atoms in total. The molecule has 0 saturated carbocycles. The molecule has 0 aliphatic heterocycles. The number of nitrogen functional groups attached to an aromatic ring is 1. The monoisotopic (exact) mass is 308 g/mol. The number of pyridine rings is 1. The third-order valence-electron chi connectivity index (χ3n) is 3.23. The zero-order valence-corrected chi connectivity index (χ0v) is 11.4.